The lowest BCUT2D eigenvalue weighted by molar-refractivity contribution is 0.124. The van der Waals surface area contributed by atoms with Gasteiger partial charge in [-0.05, 0) is 38.4 Å². The third-order valence-electron chi connectivity index (χ3n) is 4.89. The zero-order chi connectivity index (χ0) is 18.0. The van der Waals surface area contributed by atoms with Gasteiger partial charge >= 0.3 is 0 Å². The number of piperidine rings is 1. The van der Waals surface area contributed by atoms with Crippen LogP contribution >= 0.6 is 11.6 Å². The normalized spacial score (nSPS) is 21.1. The van der Waals surface area contributed by atoms with Gasteiger partial charge in [-0.15, -0.1) is 0 Å². The summed E-state index contributed by atoms with van der Waals surface area (Å²) in [5, 5.41) is 13.8. The Morgan fingerprint density at radius 3 is 2.84 bits per heavy atom. The zero-order valence-electron chi connectivity index (χ0n) is 14.9. The maximum Gasteiger partial charge on any atom is 0.147 e. The molecule has 0 unspecified atom stereocenters. The van der Waals surface area contributed by atoms with Gasteiger partial charge in [0.25, 0.3) is 0 Å². The van der Waals surface area contributed by atoms with Crippen molar-refractivity contribution in [2.45, 2.75) is 18.9 Å². The van der Waals surface area contributed by atoms with Crippen LogP contribution < -0.4 is 4.90 Å². The van der Waals surface area contributed by atoms with E-state index >= 15 is 0 Å². The van der Waals surface area contributed by atoms with Crippen molar-refractivity contribution < 1.29 is 0 Å². The molecule has 0 aromatic carbocycles. The molecule has 0 aliphatic carbocycles. The van der Waals surface area contributed by atoms with Gasteiger partial charge in [0.1, 0.15) is 11.9 Å². The monoisotopic (exact) mass is 358 g/mol. The summed E-state index contributed by atoms with van der Waals surface area (Å²) in [6.45, 7) is 1.94. The number of nitrogens with zero attached hydrogens (tertiary/aromatic N) is 6. The molecule has 132 valence electrons. The molecule has 2 atom stereocenters. The number of aromatic nitrogens is 3. The third kappa shape index (κ3) is 3.78. The lowest BCUT2D eigenvalue weighted by atomic mass is 9.86. The van der Waals surface area contributed by atoms with E-state index in [0.717, 1.165) is 25.3 Å². The average molecular weight is 359 g/mol. The number of halogens is 1. The van der Waals surface area contributed by atoms with Crippen LogP contribution in [0, 0.1) is 17.2 Å². The van der Waals surface area contributed by atoms with E-state index in [2.05, 4.69) is 39.2 Å². The minimum atomic E-state index is 0.335. The number of hydrogen-bond acceptors (Lipinski definition) is 5. The van der Waals surface area contributed by atoms with Gasteiger partial charge in [-0.25, -0.2) is 4.98 Å². The van der Waals surface area contributed by atoms with Gasteiger partial charge in [0.15, 0.2) is 0 Å². The van der Waals surface area contributed by atoms with E-state index in [-0.39, 0.29) is 0 Å². The molecule has 0 radical (unpaired) electrons. The summed E-state index contributed by atoms with van der Waals surface area (Å²) in [6.07, 6.45) is 7.98. The van der Waals surface area contributed by atoms with Crippen LogP contribution in [-0.2, 0) is 7.05 Å². The Bertz CT molecular complexity index is 780. The summed E-state index contributed by atoms with van der Waals surface area (Å²) in [7, 11) is 6.14. The van der Waals surface area contributed by atoms with Gasteiger partial charge in [-0.2, -0.15) is 10.4 Å². The SMILES string of the molecule is CN(C[C@@H]1CCCN(C)[C@H]1c1cnn(C)c1)c1ncc(C#N)cc1Cl. The highest BCUT2D eigenvalue weighted by Gasteiger charge is 2.32. The van der Waals surface area contributed by atoms with Crippen LogP contribution in [-0.4, -0.2) is 46.8 Å². The molecule has 0 amide bonds. The van der Waals surface area contributed by atoms with Crippen LogP contribution in [0.5, 0.6) is 0 Å². The second-order valence-corrected chi connectivity index (χ2v) is 7.20. The smallest absolute Gasteiger partial charge is 0.147 e. The van der Waals surface area contributed by atoms with E-state index < -0.39 is 0 Å². The standard InChI is InChI=1S/C18H23ClN6/c1-23-6-4-5-14(17(23)15-10-22-25(3)12-15)11-24(2)18-16(19)7-13(8-20)9-21-18/h7,9-10,12,14,17H,4-6,11H2,1-3H3/t14-,17+/m0/s1. The fourth-order valence-electron chi connectivity index (χ4n) is 3.78. The van der Waals surface area contributed by atoms with Crippen molar-refractivity contribution in [2.75, 3.05) is 32.1 Å². The number of hydrogen-bond donors (Lipinski definition) is 0. The fraction of sp³-hybridized carbons (Fsp3) is 0.500. The summed E-state index contributed by atoms with van der Waals surface area (Å²) >= 11 is 6.33. The van der Waals surface area contributed by atoms with E-state index in [1.807, 2.05) is 25.0 Å². The summed E-state index contributed by atoms with van der Waals surface area (Å²) in [5.41, 5.74) is 1.73. The summed E-state index contributed by atoms with van der Waals surface area (Å²) < 4.78 is 1.86. The van der Waals surface area contributed by atoms with Gasteiger partial charge < -0.3 is 4.90 Å². The van der Waals surface area contributed by atoms with Crippen LogP contribution in [0.4, 0.5) is 5.82 Å². The van der Waals surface area contributed by atoms with E-state index in [1.54, 1.807) is 12.3 Å². The maximum atomic E-state index is 8.97. The van der Waals surface area contributed by atoms with E-state index in [4.69, 9.17) is 16.9 Å². The minimum Gasteiger partial charge on any atom is -0.358 e. The lowest BCUT2D eigenvalue weighted by Gasteiger charge is -2.40. The first kappa shape index (κ1) is 17.7. The Hall–Kier alpha value is -2.10. The molecule has 0 bridgehead atoms. The predicted molar refractivity (Wildman–Crippen MR) is 98.5 cm³/mol. The Morgan fingerprint density at radius 1 is 1.40 bits per heavy atom. The van der Waals surface area contributed by atoms with Crippen molar-refractivity contribution >= 4 is 17.4 Å². The van der Waals surface area contributed by atoms with Crippen LogP contribution in [0.2, 0.25) is 5.02 Å². The molecule has 3 heterocycles. The molecule has 1 saturated heterocycles. The first-order chi connectivity index (χ1) is 12.0. The zero-order valence-corrected chi connectivity index (χ0v) is 15.6. The molecule has 6 nitrogen and oxygen atoms in total. The maximum absolute atomic E-state index is 8.97. The lowest BCUT2D eigenvalue weighted by Crippen LogP contribution is -2.41. The van der Waals surface area contributed by atoms with Crippen molar-refractivity contribution in [3.05, 3.63) is 40.8 Å². The van der Waals surface area contributed by atoms with Crippen molar-refractivity contribution in [3.8, 4) is 6.07 Å². The molecule has 2 aromatic heterocycles. The van der Waals surface area contributed by atoms with Crippen LogP contribution in [0.1, 0.15) is 30.0 Å². The highest BCUT2D eigenvalue weighted by atomic mass is 35.5. The number of nitriles is 1. The number of likely N-dealkylation sites (tertiary alicyclic amines) is 1. The second kappa shape index (κ2) is 7.42. The summed E-state index contributed by atoms with van der Waals surface area (Å²) in [4.78, 5) is 8.88. The largest absolute Gasteiger partial charge is 0.358 e. The van der Waals surface area contributed by atoms with Crippen LogP contribution in [0.3, 0.4) is 0 Å². The van der Waals surface area contributed by atoms with Gasteiger partial charge in [0, 0.05) is 44.6 Å². The molecule has 3 rings (SSSR count). The van der Waals surface area contributed by atoms with E-state index in [0.29, 0.717) is 22.5 Å². The number of anilines is 1. The van der Waals surface area contributed by atoms with Crippen molar-refractivity contribution in [2.24, 2.45) is 13.0 Å². The molecule has 1 fully saturated rings. The molecule has 1 aliphatic heterocycles. The summed E-state index contributed by atoms with van der Waals surface area (Å²) in [6, 6.07) is 4.08. The van der Waals surface area contributed by atoms with Gasteiger partial charge in [-0.1, -0.05) is 11.6 Å². The van der Waals surface area contributed by atoms with Crippen molar-refractivity contribution in [1.82, 2.24) is 19.7 Å². The average Bonchev–Trinajstić information content (AvgIpc) is 3.00. The minimum absolute atomic E-state index is 0.335. The molecule has 0 N–H and O–H groups in total. The molecule has 1 aliphatic rings. The molecular weight excluding hydrogens is 336 g/mol. The Labute approximate surface area is 153 Å². The quantitative estimate of drug-likeness (QED) is 0.841. The Morgan fingerprint density at radius 2 is 2.20 bits per heavy atom. The van der Waals surface area contributed by atoms with Crippen molar-refractivity contribution in [3.63, 3.8) is 0 Å². The Kier molecular flexibility index (Phi) is 5.26. The number of aryl methyl sites for hydroxylation is 1. The molecule has 25 heavy (non-hydrogen) atoms. The first-order valence-corrected chi connectivity index (χ1v) is 8.83. The molecule has 0 spiro atoms. The van der Waals surface area contributed by atoms with Gasteiger partial charge in [0.2, 0.25) is 0 Å². The second-order valence-electron chi connectivity index (χ2n) is 6.80. The molecule has 0 saturated carbocycles. The van der Waals surface area contributed by atoms with E-state index in [9.17, 15) is 0 Å². The molecule has 2 aromatic rings. The van der Waals surface area contributed by atoms with Crippen LogP contribution in [0.25, 0.3) is 0 Å². The third-order valence-corrected chi connectivity index (χ3v) is 5.17. The first-order valence-electron chi connectivity index (χ1n) is 8.45. The molecule has 7 heteroatoms. The Balaban J connectivity index is 1.81. The number of pyridine rings is 1. The number of rotatable bonds is 4. The highest BCUT2D eigenvalue weighted by Crippen LogP contribution is 2.36. The van der Waals surface area contributed by atoms with Crippen molar-refractivity contribution in [1.29, 1.82) is 5.26 Å². The summed E-state index contributed by atoms with van der Waals surface area (Å²) in [5.74, 6) is 1.18. The van der Waals surface area contributed by atoms with Crippen LogP contribution in [0.15, 0.2) is 24.7 Å². The topological polar surface area (TPSA) is 61.0 Å². The van der Waals surface area contributed by atoms with E-state index in [1.165, 1.54) is 12.0 Å². The highest BCUT2D eigenvalue weighted by molar-refractivity contribution is 6.33. The van der Waals surface area contributed by atoms with Gasteiger partial charge in [0.05, 0.1) is 16.8 Å². The predicted octanol–water partition coefficient (Wildman–Crippen LogP) is 2.86. The van der Waals surface area contributed by atoms with Gasteiger partial charge in [-0.3, -0.25) is 9.58 Å². The fourth-order valence-corrected chi connectivity index (χ4v) is 4.09. The molecular formula is C18H23ClN6.